The van der Waals surface area contributed by atoms with Crippen molar-refractivity contribution >= 4 is 27.3 Å². The van der Waals surface area contributed by atoms with Crippen molar-refractivity contribution in [1.82, 2.24) is 4.98 Å². The van der Waals surface area contributed by atoms with E-state index in [4.69, 9.17) is 10.2 Å². The zero-order valence-corrected chi connectivity index (χ0v) is 11.5. The lowest BCUT2D eigenvalue weighted by Crippen LogP contribution is -2.16. The van der Waals surface area contributed by atoms with E-state index in [0.29, 0.717) is 10.6 Å². The first-order valence-corrected chi connectivity index (χ1v) is 6.72. The standard InChI is InChI=1S/C11H13BrN2OS/c1-6(2)10(13)11-14-7(5-16-11)8-3-4-9(12)15-8/h3-6,10H,13H2,1-2H3. The number of nitrogens with two attached hydrogens (primary N) is 1. The van der Waals surface area contributed by atoms with Crippen molar-refractivity contribution in [2.75, 3.05) is 0 Å². The Morgan fingerprint density at radius 3 is 2.75 bits per heavy atom. The number of hydrogen-bond acceptors (Lipinski definition) is 4. The van der Waals surface area contributed by atoms with Gasteiger partial charge in [0.2, 0.25) is 0 Å². The van der Waals surface area contributed by atoms with E-state index >= 15 is 0 Å². The van der Waals surface area contributed by atoms with Crippen LogP contribution in [0.2, 0.25) is 0 Å². The Balaban J connectivity index is 2.26. The van der Waals surface area contributed by atoms with Gasteiger partial charge in [0, 0.05) is 5.38 Å². The summed E-state index contributed by atoms with van der Waals surface area (Å²) in [5.41, 5.74) is 6.89. The summed E-state index contributed by atoms with van der Waals surface area (Å²) >= 11 is 4.85. The molecule has 2 aromatic rings. The Kier molecular flexibility index (Phi) is 3.47. The molecule has 2 N–H and O–H groups in total. The first-order chi connectivity index (χ1) is 7.58. The minimum atomic E-state index is -0.00264. The van der Waals surface area contributed by atoms with Crippen LogP contribution in [-0.4, -0.2) is 4.98 Å². The van der Waals surface area contributed by atoms with E-state index in [0.717, 1.165) is 16.5 Å². The highest BCUT2D eigenvalue weighted by Crippen LogP contribution is 2.29. The van der Waals surface area contributed by atoms with Crippen molar-refractivity contribution in [3.8, 4) is 11.5 Å². The Labute approximate surface area is 107 Å². The van der Waals surface area contributed by atoms with Crippen LogP contribution in [0.5, 0.6) is 0 Å². The van der Waals surface area contributed by atoms with Crippen molar-refractivity contribution in [3.05, 3.63) is 27.2 Å². The molecule has 1 atom stereocenters. The third kappa shape index (κ3) is 2.36. The van der Waals surface area contributed by atoms with Gasteiger partial charge in [0.1, 0.15) is 10.7 Å². The van der Waals surface area contributed by atoms with Gasteiger partial charge in [-0.1, -0.05) is 13.8 Å². The summed E-state index contributed by atoms with van der Waals surface area (Å²) in [5, 5.41) is 2.93. The van der Waals surface area contributed by atoms with Crippen LogP contribution in [0.15, 0.2) is 26.6 Å². The molecule has 0 fully saturated rings. The molecular weight excluding hydrogens is 288 g/mol. The molecule has 5 heteroatoms. The third-order valence-electron chi connectivity index (χ3n) is 2.35. The van der Waals surface area contributed by atoms with Crippen LogP contribution in [0.4, 0.5) is 0 Å². The topological polar surface area (TPSA) is 52.0 Å². The van der Waals surface area contributed by atoms with Crippen LogP contribution >= 0.6 is 27.3 Å². The molecule has 0 aliphatic heterocycles. The quantitative estimate of drug-likeness (QED) is 0.937. The second kappa shape index (κ2) is 4.69. The molecular formula is C11H13BrN2OS. The lowest BCUT2D eigenvalue weighted by molar-refractivity contribution is 0.511. The van der Waals surface area contributed by atoms with Gasteiger partial charge in [-0.15, -0.1) is 11.3 Å². The number of nitrogens with zero attached hydrogens (tertiary/aromatic N) is 1. The molecule has 2 heterocycles. The predicted octanol–water partition coefficient (Wildman–Crippen LogP) is 3.82. The fourth-order valence-corrected chi connectivity index (χ4v) is 2.58. The summed E-state index contributed by atoms with van der Waals surface area (Å²) in [4.78, 5) is 4.49. The predicted molar refractivity (Wildman–Crippen MR) is 69.3 cm³/mol. The first kappa shape index (κ1) is 11.8. The molecule has 2 aromatic heterocycles. The van der Waals surface area contributed by atoms with Crippen molar-refractivity contribution in [3.63, 3.8) is 0 Å². The SMILES string of the molecule is CC(C)C(N)c1nc(-c2ccc(Br)o2)cs1. The van der Waals surface area contributed by atoms with Crippen LogP contribution in [0, 0.1) is 5.92 Å². The van der Waals surface area contributed by atoms with Crippen molar-refractivity contribution < 1.29 is 4.42 Å². The van der Waals surface area contributed by atoms with Crippen LogP contribution < -0.4 is 5.73 Å². The summed E-state index contributed by atoms with van der Waals surface area (Å²) in [5.74, 6) is 1.16. The highest BCUT2D eigenvalue weighted by molar-refractivity contribution is 9.10. The smallest absolute Gasteiger partial charge is 0.169 e. The number of rotatable bonds is 3. The Morgan fingerprint density at radius 1 is 1.44 bits per heavy atom. The zero-order chi connectivity index (χ0) is 11.7. The Bertz CT molecular complexity index is 478. The van der Waals surface area contributed by atoms with E-state index in [1.54, 1.807) is 11.3 Å². The molecule has 86 valence electrons. The van der Waals surface area contributed by atoms with Crippen LogP contribution in [0.1, 0.15) is 24.9 Å². The number of thiazole rings is 1. The van der Waals surface area contributed by atoms with Gasteiger partial charge in [-0.3, -0.25) is 0 Å². The maximum absolute atomic E-state index is 6.04. The van der Waals surface area contributed by atoms with Gasteiger partial charge in [-0.2, -0.15) is 0 Å². The minimum Gasteiger partial charge on any atom is -0.448 e. The minimum absolute atomic E-state index is 0.00264. The Morgan fingerprint density at radius 2 is 2.19 bits per heavy atom. The molecule has 2 rings (SSSR count). The Hall–Kier alpha value is -0.650. The fraction of sp³-hybridized carbons (Fsp3) is 0.364. The molecule has 0 amide bonds. The molecule has 0 saturated heterocycles. The lowest BCUT2D eigenvalue weighted by atomic mass is 10.1. The molecule has 0 saturated carbocycles. The molecule has 3 nitrogen and oxygen atoms in total. The van der Waals surface area contributed by atoms with E-state index in [1.807, 2.05) is 17.5 Å². The fourth-order valence-electron chi connectivity index (χ4n) is 1.29. The van der Waals surface area contributed by atoms with E-state index in [-0.39, 0.29) is 6.04 Å². The maximum Gasteiger partial charge on any atom is 0.169 e. The van der Waals surface area contributed by atoms with Crippen molar-refractivity contribution in [2.45, 2.75) is 19.9 Å². The van der Waals surface area contributed by atoms with Gasteiger partial charge in [-0.05, 0) is 34.0 Å². The van der Waals surface area contributed by atoms with Crippen molar-refractivity contribution in [2.24, 2.45) is 11.7 Å². The van der Waals surface area contributed by atoms with Gasteiger partial charge in [0.05, 0.1) is 6.04 Å². The van der Waals surface area contributed by atoms with E-state index < -0.39 is 0 Å². The largest absolute Gasteiger partial charge is 0.448 e. The lowest BCUT2D eigenvalue weighted by Gasteiger charge is -2.11. The average molecular weight is 301 g/mol. The number of aromatic nitrogens is 1. The van der Waals surface area contributed by atoms with Crippen LogP contribution in [-0.2, 0) is 0 Å². The van der Waals surface area contributed by atoms with E-state index in [2.05, 4.69) is 34.8 Å². The van der Waals surface area contributed by atoms with Crippen molar-refractivity contribution in [1.29, 1.82) is 0 Å². The summed E-state index contributed by atoms with van der Waals surface area (Å²) in [6, 6.07) is 3.75. The summed E-state index contributed by atoms with van der Waals surface area (Å²) in [6.07, 6.45) is 0. The summed E-state index contributed by atoms with van der Waals surface area (Å²) < 4.78 is 6.16. The normalized spacial score (nSPS) is 13.3. The van der Waals surface area contributed by atoms with Gasteiger partial charge >= 0.3 is 0 Å². The molecule has 0 radical (unpaired) electrons. The van der Waals surface area contributed by atoms with Crippen LogP contribution in [0.25, 0.3) is 11.5 Å². The number of furan rings is 1. The van der Waals surface area contributed by atoms with Gasteiger partial charge in [-0.25, -0.2) is 4.98 Å². The molecule has 0 bridgehead atoms. The zero-order valence-electron chi connectivity index (χ0n) is 9.11. The number of hydrogen-bond donors (Lipinski definition) is 1. The van der Waals surface area contributed by atoms with Gasteiger partial charge in [0.25, 0.3) is 0 Å². The molecule has 0 aliphatic carbocycles. The highest BCUT2D eigenvalue weighted by Gasteiger charge is 2.16. The highest BCUT2D eigenvalue weighted by atomic mass is 79.9. The molecule has 0 aliphatic rings. The summed E-state index contributed by atoms with van der Waals surface area (Å²) in [6.45, 7) is 4.18. The average Bonchev–Trinajstić information content (AvgIpc) is 2.84. The van der Waals surface area contributed by atoms with Crippen LogP contribution in [0.3, 0.4) is 0 Å². The van der Waals surface area contributed by atoms with Gasteiger partial charge in [0.15, 0.2) is 10.4 Å². The molecule has 16 heavy (non-hydrogen) atoms. The first-order valence-electron chi connectivity index (χ1n) is 5.04. The van der Waals surface area contributed by atoms with E-state index in [9.17, 15) is 0 Å². The molecule has 0 aromatic carbocycles. The number of halogens is 1. The maximum atomic E-state index is 6.04. The summed E-state index contributed by atoms with van der Waals surface area (Å²) in [7, 11) is 0. The second-order valence-corrected chi connectivity index (χ2v) is 5.62. The molecule has 0 spiro atoms. The second-order valence-electron chi connectivity index (χ2n) is 3.94. The van der Waals surface area contributed by atoms with E-state index in [1.165, 1.54) is 0 Å². The van der Waals surface area contributed by atoms with Gasteiger partial charge < -0.3 is 10.2 Å². The molecule has 1 unspecified atom stereocenters. The third-order valence-corrected chi connectivity index (χ3v) is 3.72. The monoisotopic (exact) mass is 300 g/mol.